The average Bonchev–Trinajstić information content (AvgIpc) is 2.22. The molecule has 0 nitrogen and oxygen atoms in total. The SMILES string of the molecule is C1=C/C=C\C=C\CCCC/C=C/C=C1. The summed E-state index contributed by atoms with van der Waals surface area (Å²) in [5.41, 5.74) is 0. The van der Waals surface area contributed by atoms with E-state index in [1.165, 1.54) is 25.7 Å². The van der Waals surface area contributed by atoms with Crippen LogP contribution in [0.2, 0.25) is 0 Å². The van der Waals surface area contributed by atoms with Crippen molar-refractivity contribution >= 4 is 0 Å². The molecule has 0 saturated carbocycles. The normalized spacial score (nSPS) is 25.1. The zero-order chi connectivity index (χ0) is 9.90. The lowest BCUT2D eigenvalue weighted by atomic mass is 10.1. The molecule has 0 fully saturated rings. The molecule has 0 amide bonds. The van der Waals surface area contributed by atoms with Crippen LogP contribution in [0.1, 0.15) is 25.7 Å². The van der Waals surface area contributed by atoms with Crippen LogP contribution >= 0.6 is 0 Å². The van der Waals surface area contributed by atoms with Crippen LogP contribution in [0, 0.1) is 0 Å². The number of allylic oxidation sites excluding steroid dienone is 10. The summed E-state index contributed by atoms with van der Waals surface area (Å²) in [6.07, 6.45) is 26.0. The smallest absolute Gasteiger partial charge is 0.0347 e. The first-order chi connectivity index (χ1) is 7.00. The predicted octanol–water partition coefficient (Wildman–Crippen LogP) is 4.34. The molecular weight excluding hydrogens is 168 g/mol. The zero-order valence-electron chi connectivity index (χ0n) is 8.60. The maximum atomic E-state index is 2.23. The molecule has 0 aromatic rings. The van der Waals surface area contributed by atoms with Crippen LogP contribution < -0.4 is 0 Å². The van der Waals surface area contributed by atoms with Crippen molar-refractivity contribution in [2.75, 3.05) is 0 Å². The van der Waals surface area contributed by atoms with Gasteiger partial charge in [0.15, 0.2) is 0 Å². The Labute approximate surface area is 87.0 Å². The van der Waals surface area contributed by atoms with Gasteiger partial charge in [-0.05, 0) is 25.7 Å². The summed E-state index contributed by atoms with van der Waals surface area (Å²) in [6.45, 7) is 0. The highest BCUT2D eigenvalue weighted by Crippen LogP contribution is 2.02. The molecule has 74 valence electrons. The third-order valence-corrected chi connectivity index (χ3v) is 2.04. The van der Waals surface area contributed by atoms with Crippen molar-refractivity contribution in [3.63, 3.8) is 0 Å². The van der Waals surface area contributed by atoms with Crippen LogP contribution in [-0.4, -0.2) is 0 Å². The van der Waals surface area contributed by atoms with Crippen LogP contribution in [0.3, 0.4) is 0 Å². The average molecular weight is 186 g/mol. The Morgan fingerprint density at radius 2 is 0.786 bits per heavy atom. The highest BCUT2D eigenvalue weighted by atomic mass is 13.9. The molecule has 0 heterocycles. The second-order valence-corrected chi connectivity index (χ2v) is 3.30. The molecule has 14 heavy (non-hydrogen) atoms. The summed E-state index contributed by atoms with van der Waals surface area (Å²) in [4.78, 5) is 0. The monoisotopic (exact) mass is 186 g/mol. The minimum absolute atomic E-state index is 1.19. The summed E-state index contributed by atoms with van der Waals surface area (Å²) < 4.78 is 0. The lowest BCUT2D eigenvalue weighted by Gasteiger charge is -1.91. The first-order valence-electron chi connectivity index (χ1n) is 5.32. The summed E-state index contributed by atoms with van der Waals surface area (Å²) >= 11 is 0. The van der Waals surface area contributed by atoms with E-state index in [0.717, 1.165) is 0 Å². The van der Waals surface area contributed by atoms with Gasteiger partial charge in [0, 0.05) is 0 Å². The topological polar surface area (TPSA) is 0 Å². The van der Waals surface area contributed by atoms with Gasteiger partial charge in [-0.2, -0.15) is 0 Å². The second kappa shape index (κ2) is 8.31. The minimum atomic E-state index is 1.19. The van der Waals surface area contributed by atoms with Crippen molar-refractivity contribution in [1.82, 2.24) is 0 Å². The molecule has 1 aliphatic rings. The molecule has 0 unspecified atom stereocenters. The van der Waals surface area contributed by atoms with Gasteiger partial charge in [0.2, 0.25) is 0 Å². The van der Waals surface area contributed by atoms with Crippen LogP contribution in [0.25, 0.3) is 0 Å². The fourth-order valence-corrected chi connectivity index (χ4v) is 1.26. The van der Waals surface area contributed by atoms with Gasteiger partial charge in [-0.25, -0.2) is 0 Å². The third-order valence-electron chi connectivity index (χ3n) is 2.04. The van der Waals surface area contributed by atoms with Crippen LogP contribution in [0.15, 0.2) is 60.8 Å². The molecular formula is C14H18. The van der Waals surface area contributed by atoms with Crippen molar-refractivity contribution in [2.45, 2.75) is 25.7 Å². The van der Waals surface area contributed by atoms with Gasteiger partial charge >= 0.3 is 0 Å². The van der Waals surface area contributed by atoms with E-state index >= 15 is 0 Å². The molecule has 0 atom stereocenters. The zero-order valence-corrected chi connectivity index (χ0v) is 8.60. The van der Waals surface area contributed by atoms with E-state index in [-0.39, 0.29) is 0 Å². The van der Waals surface area contributed by atoms with E-state index in [1.807, 2.05) is 12.2 Å². The van der Waals surface area contributed by atoms with Gasteiger partial charge in [0.25, 0.3) is 0 Å². The van der Waals surface area contributed by atoms with E-state index in [1.54, 1.807) is 0 Å². The first kappa shape index (κ1) is 10.8. The molecule has 0 radical (unpaired) electrons. The molecule has 0 spiro atoms. The van der Waals surface area contributed by atoms with Crippen molar-refractivity contribution in [3.05, 3.63) is 60.8 Å². The minimum Gasteiger partial charge on any atom is -0.0845 e. The van der Waals surface area contributed by atoms with Gasteiger partial charge in [-0.3, -0.25) is 0 Å². The van der Waals surface area contributed by atoms with Gasteiger partial charge in [-0.1, -0.05) is 60.8 Å². The van der Waals surface area contributed by atoms with E-state index in [9.17, 15) is 0 Å². The molecule has 1 aliphatic carbocycles. The molecule has 0 heteroatoms. The highest BCUT2D eigenvalue weighted by Gasteiger charge is 1.82. The van der Waals surface area contributed by atoms with Crippen LogP contribution in [0.5, 0.6) is 0 Å². The van der Waals surface area contributed by atoms with E-state index in [0.29, 0.717) is 0 Å². The van der Waals surface area contributed by atoms with Gasteiger partial charge in [0.05, 0.1) is 0 Å². The Hall–Kier alpha value is -1.30. The Morgan fingerprint density at radius 1 is 0.429 bits per heavy atom. The highest BCUT2D eigenvalue weighted by molar-refractivity contribution is 5.17. The van der Waals surface area contributed by atoms with Crippen molar-refractivity contribution < 1.29 is 0 Å². The Bertz CT molecular complexity index is 234. The van der Waals surface area contributed by atoms with Crippen LogP contribution in [0.4, 0.5) is 0 Å². The lowest BCUT2D eigenvalue weighted by molar-refractivity contribution is 0.762. The van der Waals surface area contributed by atoms with Gasteiger partial charge in [-0.15, -0.1) is 0 Å². The number of hydrogen-bond acceptors (Lipinski definition) is 0. The largest absolute Gasteiger partial charge is 0.0845 e. The molecule has 0 aromatic carbocycles. The Kier molecular flexibility index (Phi) is 6.39. The fraction of sp³-hybridized carbons (Fsp3) is 0.286. The maximum Gasteiger partial charge on any atom is -0.0347 e. The van der Waals surface area contributed by atoms with E-state index < -0.39 is 0 Å². The van der Waals surface area contributed by atoms with Crippen molar-refractivity contribution in [1.29, 1.82) is 0 Å². The summed E-state index contributed by atoms with van der Waals surface area (Å²) in [6, 6.07) is 0. The predicted molar refractivity (Wildman–Crippen MR) is 64.2 cm³/mol. The van der Waals surface area contributed by atoms with Crippen molar-refractivity contribution in [3.8, 4) is 0 Å². The maximum absolute atomic E-state index is 2.23. The molecule has 0 saturated heterocycles. The Balaban J connectivity index is 2.46. The molecule has 0 aromatic heterocycles. The first-order valence-corrected chi connectivity index (χ1v) is 5.32. The molecule has 0 N–H and O–H groups in total. The molecule has 0 bridgehead atoms. The standard InChI is InChI=1S/C14H18/c1-2-4-6-8-10-12-14-13-11-9-7-5-3-1/h1-10H,11-14H2/b2-1?,5-3-,6-4?,9-7+,10-8+. The van der Waals surface area contributed by atoms with Crippen molar-refractivity contribution in [2.24, 2.45) is 0 Å². The number of hydrogen-bond donors (Lipinski definition) is 0. The summed E-state index contributed by atoms with van der Waals surface area (Å²) in [5.74, 6) is 0. The number of rotatable bonds is 0. The van der Waals surface area contributed by atoms with E-state index in [2.05, 4.69) is 48.6 Å². The Morgan fingerprint density at radius 3 is 1.21 bits per heavy atom. The lowest BCUT2D eigenvalue weighted by Crippen LogP contribution is -1.71. The van der Waals surface area contributed by atoms with Gasteiger partial charge in [0.1, 0.15) is 0 Å². The van der Waals surface area contributed by atoms with Gasteiger partial charge < -0.3 is 0 Å². The van der Waals surface area contributed by atoms with Crippen LogP contribution in [-0.2, 0) is 0 Å². The summed E-state index contributed by atoms with van der Waals surface area (Å²) in [7, 11) is 0. The quantitative estimate of drug-likeness (QED) is 0.528. The molecule has 1 rings (SSSR count). The third kappa shape index (κ3) is 6.24. The van der Waals surface area contributed by atoms with E-state index in [4.69, 9.17) is 0 Å². The second-order valence-electron chi connectivity index (χ2n) is 3.30. The summed E-state index contributed by atoms with van der Waals surface area (Å²) in [5, 5.41) is 0. The molecule has 0 aliphatic heterocycles. The fourth-order valence-electron chi connectivity index (χ4n) is 1.26.